The maximum atomic E-state index is 5.88. The number of hydrogen-bond acceptors (Lipinski definition) is 5. The number of halogens is 1. The van der Waals surface area contributed by atoms with E-state index in [9.17, 15) is 0 Å². The fraction of sp³-hybridized carbons (Fsp3) is 0.667. The monoisotopic (exact) mass is 365 g/mol. The predicted octanol–water partition coefficient (Wildman–Crippen LogP) is 1.82. The molecule has 0 unspecified atom stereocenters. The van der Waals surface area contributed by atoms with Gasteiger partial charge in [-0.25, -0.2) is 9.97 Å². The van der Waals surface area contributed by atoms with Crippen LogP contribution in [0.5, 0.6) is 0 Å². The first-order chi connectivity index (χ1) is 8.69. The second-order valence-electron chi connectivity index (χ2n) is 3.89. The molecule has 0 aliphatic heterocycles. The Kier molecular flexibility index (Phi) is 7.45. The molecule has 1 rings (SSSR count). The van der Waals surface area contributed by atoms with Crippen molar-refractivity contribution in [2.24, 2.45) is 0 Å². The van der Waals surface area contributed by atoms with Gasteiger partial charge in [0, 0.05) is 13.5 Å². The quantitative estimate of drug-likeness (QED) is 0.562. The van der Waals surface area contributed by atoms with Crippen molar-refractivity contribution in [2.75, 3.05) is 32.7 Å². The lowest BCUT2D eigenvalue weighted by molar-refractivity contribution is 0.0716. The number of methoxy groups -OCH3 is 1. The Hall–Kier alpha value is -0.470. The van der Waals surface area contributed by atoms with Crippen LogP contribution in [0.15, 0.2) is 0 Å². The summed E-state index contributed by atoms with van der Waals surface area (Å²) in [6.45, 7) is 3.92. The van der Waals surface area contributed by atoms with E-state index in [1.54, 1.807) is 7.11 Å². The Labute approximate surface area is 122 Å². The van der Waals surface area contributed by atoms with Crippen LogP contribution in [-0.2, 0) is 22.3 Å². The highest BCUT2D eigenvalue weighted by molar-refractivity contribution is 14.1. The average molecular weight is 365 g/mol. The molecule has 0 bridgehead atoms. The lowest BCUT2D eigenvalue weighted by Gasteiger charge is -2.08. The van der Waals surface area contributed by atoms with Gasteiger partial charge in [-0.2, -0.15) is 0 Å². The van der Waals surface area contributed by atoms with E-state index >= 15 is 0 Å². The minimum atomic E-state index is 0.570. The summed E-state index contributed by atoms with van der Waals surface area (Å²) < 4.78 is 11.3. The zero-order chi connectivity index (χ0) is 13.4. The molecule has 102 valence electrons. The molecule has 0 amide bonds. The van der Waals surface area contributed by atoms with Crippen molar-refractivity contribution >= 4 is 28.4 Å². The van der Waals surface area contributed by atoms with Gasteiger partial charge in [-0.1, -0.05) is 13.3 Å². The molecule has 0 aliphatic carbocycles. The molecule has 0 saturated carbocycles. The minimum Gasteiger partial charge on any atom is -0.383 e. The molecule has 1 aromatic rings. The standard InChI is InChI=1S/C12H20IN3O2/c1-3-4-9-11(13)12(14)16-10(15-9)5-6-18-8-7-17-2/h3-8H2,1-2H3,(H2,14,15,16). The number of nitrogen functional groups attached to an aromatic ring is 1. The second kappa shape index (κ2) is 8.60. The number of anilines is 1. The lowest BCUT2D eigenvalue weighted by atomic mass is 10.2. The maximum Gasteiger partial charge on any atom is 0.140 e. The van der Waals surface area contributed by atoms with Crippen molar-refractivity contribution in [3.8, 4) is 0 Å². The van der Waals surface area contributed by atoms with Gasteiger partial charge in [0.1, 0.15) is 11.6 Å². The van der Waals surface area contributed by atoms with Gasteiger partial charge in [0.25, 0.3) is 0 Å². The highest BCUT2D eigenvalue weighted by Crippen LogP contribution is 2.17. The molecule has 0 saturated heterocycles. The third-order valence-electron chi connectivity index (χ3n) is 2.38. The second-order valence-corrected chi connectivity index (χ2v) is 4.97. The number of aryl methyl sites for hydroxylation is 1. The van der Waals surface area contributed by atoms with E-state index < -0.39 is 0 Å². The van der Waals surface area contributed by atoms with Crippen molar-refractivity contribution in [1.29, 1.82) is 0 Å². The fourth-order valence-corrected chi connectivity index (χ4v) is 2.00. The van der Waals surface area contributed by atoms with Gasteiger partial charge in [0.2, 0.25) is 0 Å². The topological polar surface area (TPSA) is 70.3 Å². The van der Waals surface area contributed by atoms with Gasteiger partial charge in [0.15, 0.2) is 0 Å². The van der Waals surface area contributed by atoms with Gasteiger partial charge in [0.05, 0.1) is 29.1 Å². The maximum absolute atomic E-state index is 5.88. The van der Waals surface area contributed by atoms with E-state index in [4.69, 9.17) is 15.2 Å². The van der Waals surface area contributed by atoms with Gasteiger partial charge >= 0.3 is 0 Å². The van der Waals surface area contributed by atoms with Crippen LogP contribution in [-0.4, -0.2) is 36.9 Å². The minimum absolute atomic E-state index is 0.570. The summed E-state index contributed by atoms with van der Waals surface area (Å²) >= 11 is 2.20. The van der Waals surface area contributed by atoms with E-state index in [1.807, 2.05) is 0 Å². The average Bonchev–Trinajstić information content (AvgIpc) is 2.35. The molecule has 0 radical (unpaired) electrons. The van der Waals surface area contributed by atoms with Crippen LogP contribution >= 0.6 is 22.6 Å². The molecule has 18 heavy (non-hydrogen) atoms. The highest BCUT2D eigenvalue weighted by Gasteiger charge is 2.09. The first-order valence-electron chi connectivity index (χ1n) is 6.06. The molecular weight excluding hydrogens is 345 g/mol. The number of hydrogen-bond donors (Lipinski definition) is 1. The van der Waals surface area contributed by atoms with Crippen LogP contribution in [0.1, 0.15) is 24.9 Å². The molecule has 0 aromatic carbocycles. The van der Waals surface area contributed by atoms with E-state index in [2.05, 4.69) is 39.5 Å². The van der Waals surface area contributed by atoms with Crippen molar-refractivity contribution < 1.29 is 9.47 Å². The number of ether oxygens (including phenoxy) is 2. The van der Waals surface area contributed by atoms with E-state index in [0.29, 0.717) is 32.1 Å². The van der Waals surface area contributed by atoms with Crippen LogP contribution in [0.2, 0.25) is 0 Å². The summed E-state index contributed by atoms with van der Waals surface area (Å²) in [5.41, 5.74) is 6.92. The number of nitrogens with two attached hydrogens (primary N) is 1. The molecule has 5 nitrogen and oxygen atoms in total. The predicted molar refractivity (Wildman–Crippen MR) is 79.6 cm³/mol. The molecule has 1 heterocycles. The molecule has 6 heteroatoms. The zero-order valence-corrected chi connectivity index (χ0v) is 13.1. The molecule has 0 aliphatic rings. The van der Waals surface area contributed by atoms with Crippen LogP contribution in [0.3, 0.4) is 0 Å². The van der Waals surface area contributed by atoms with E-state index in [-0.39, 0.29) is 0 Å². The first-order valence-corrected chi connectivity index (χ1v) is 7.14. The number of rotatable bonds is 8. The van der Waals surface area contributed by atoms with Crippen molar-refractivity contribution in [2.45, 2.75) is 26.2 Å². The Balaban J connectivity index is 2.55. The summed E-state index contributed by atoms with van der Waals surface area (Å²) in [4.78, 5) is 8.81. The van der Waals surface area contributed by atoms with Crippen LogP contribution in [0.25, 0.3) is 0 Å². The van der Waals surface area contributed by atoms with Gasteiger partial charge in [-0.15, -0.1) is 0 Å². The smallest absolute Gasteiger partial charge is 0.140 e. The lowest BCUT2D eigenvalue weighted by Crippen LogP contribution is -2.11. The third kappa shape index (κ3) is 5.03. The van der Waals surface area contributed by atoms with Crippen LogP contribution in [0, 0.1) is 3.57 Å². The third-order valence-corrected chi connectivity index (χ3v) is 3.56. The van der Waals surface area contributed by atoms with Crippen LogP contribution < -0.4 is 5.73 Å². The Bertz CT molecular complexity index is 375. The Morgan fingerprint density at radius 2 is 1.94 bits per heavy atom. The van der Waals surface area contributed by atoms with Gasteiger partial charge < -0.3 is 15.2 Å². The molecular formula is C12H20IN3O2. The van der Waals surface area contributed by atoms with Gasteiger partial charge in [-0.3, -0.25) is 0 Å². The summed E-state index contributed by atoms with van der Waals surface area (Å²) in [6, 6.07) is 0. The Morgan fingerprint density at radius 1 is 1.17 bits per heavy atom. The Morgan fingerprint density at radius 3 is 2.61 bits per heavy atom. The summed E-state index contributed by atoms with van der Waals surface area (Å²) in [5.74, 6) is 1.33. The number of nitrogens with zero attached hydrogens (tertiary/aromatic N) is 2. The number of aromatic nitrogens is 2. The molecule has 1 aromatic heterocycles. The first kappa shape index (κ1) is 15.6. The van der Waals surface area contributed by atoms with Crippen LogP contribution in [0.4, 0.5) is 5.82 Å². The highest BCUT2D eigenvalue weighted by atomic mass is 127. The van der Waals surface area contributed by atoms with Crippen molar-refractivity contribution in [1.82, 2.24) is 9.97 Å². The van der Waals surface area contributed by atoms with Crippen molar-refractivity contribution in [3.05, 3.63) is 15.1 Å². The molecule has 0 spiro atoms. The normalized spacial score (nSPS) is 10.8. The van der Waals surface area contributed by atoms with E-state index in [1.165, 1.54) is 0 Å². The molecule has 0 fully saturated rings. The largest absolute Gasteiger partial charge is 0.383 e. The SMILES string of the molecule is CCCc1nc(CCOCCOC)nc(N)c1I. The summed E-state index contributed by atoms with van der Waals surface area (Å²) in [6.07, 6.45) is 2.67. The molecule has 2 N–H and O–H groups in total. The van der Waals surface area contributed by atoms with Gasteiger partial charge in [-0.05, 0) is 29.0 Å². The van der Waals surface area contributed by atoms with Crippen molar-refractivity contribution in [3.63, 3.8) is 0 Å². The summed E-state index contributed by atoms with van der Waals surface area (Å²) in [7, 11) is 1.66. The fourth-order valence-electron chi connectivity index (χ4n) is 1.49. The summed E-state index contributed by atoms with van der Waals surface area (Å²) in [5, 5.41) is 0. The van der Waals surface area contributed by atoms with E-state index in [0.717, 1.165) is 27.9 Å². The zero-order valence-electron chi connectivity index (χ0n) is 10.9. The molecule has 0 atom stereocenters.